The first-order valence-corrected chi connectivity index (χ1v) is 6.21. The Labute approximate surface area is 94.1 Å². The summed E-state index contributed by atoms with van der Waals surface area (Å²) in [5.74, 6) is 0. The molecule has 16 heavy (non-hydrogen) atoms. The van der Waals surface area contributed by atoms with Crippen LogP contribution in [0.3, 0.4) is 0 Å². The number of hydrogen-bond acceptors (Lipinski definition) is 5. The third kappa shape index (κ3) is 3.89. The number of nitrogens with one attached hydrogen (secondary N) is 1. The van der Waals surface area contributed by atoms with Gasteiger partial charge in [0.15, 0.2) is 0 Å². The van der Waals surface area contributed by atoms with E-state index in [0.29, 0.717) is 0 Å². The van der Waals surface area contributed by atoms with Crippen LogP contribution in [-0.4, -0.2) is 49.7 Å². The number of aryl methyl sites for hydroxylation is 1. The van der Waals surface area contributed by atoms with Crippen molar-refractivity contribution in [2.75, 3.05) is 26.4 Å². The molecule has 0 saturated carbocycles. The lowest BCUT2D eigenvalue weighted by Crippen LogP contribution is -2.27. The minimum absolute atomic E-state index is 0.0741. The van der Waals surface area contributed by atoms with E-state index in [1.54, 1.807) is 7.05 Å². The maximum Gasteiger partial charge on any atom is 0.243 e. The molecule has 8 heteroatoms. The highest BCUT2D eigenvalue weighted by Crippen LogP contribution is 2.04. The minimum Gasteiger partial charge on any atom is -0.394 e. The quantitative estimate of drug-likeness (QED) is 0.586. The van der Waals surface area contributed by atoms with Gasteiger partial charge in [-0.15, -0.1) is 0 Å². The normalized spacial score (nSPS) is 11.9. The molecule has 2 N–H and O–H groups in total. The predicted octanol–water partition coefficient (Wildman–Crippen LogP) is -1.29. The summed E-state index contributed by atoms with van der Waals surface area (Å²) in [5, 5.41) is 12.2. The third-order valence-corrected chi connectivity index (χ3v) is 3.18. The van der Waals surface area contributed by atoms with E-state index in [4.69, 9.17) is 9.84 Å². The standard InChI is InChI=1S/C8H15N3O4S/c1-11-7-8(6-9-11)16(13,14)10-2-4-15-5-3-12/h6-7,10,12H,2-5H2,1H3. The van der Waals surface area contributed by atoms with Crippen LogP contribution in [0.25, 0.3) is 0 Å². The van der Waals surface area contributed by atoms with Crippen LogP contribution in [0.4, 0.5) is 0 Å². The number of rotatable bonds is 7. The molecule has 92 valence electrons. The van der Waals surface area contributed by atoms with Gasteiger partial charge in [0.1, 0.15) is 4.90 Å². The Morgan fingerprint density at radius 3 is 2.88 bits per heavy atom. The van der Waals surface area contributed by atoms with Gasteiger partial charge in [-0.05, 0) is 0 Å². The number of hydrogen-bond donors (Lipinski definition) is 2. The molecule has 0 radical (unpaired) electrons. The molecule has 0 atom stereocenters. The van der Waals surface area contributed by atoms with Gasteiger partial charge < -0.3 is 9.84 Å². The van der Waals surface area contributed by atoms with Gasteiger partial charge in [-0.2, -0.15) is 5.10 Å². The highest BCUT2D eigenvalue weighted by molar-refractivity contribution is 7.89. The summed E-state index contributed by atoms with van der Waals surface area (Å²) in [6.07, 6.45) is 2.69. The summed E-state index contributed by atoms with van der Waals surface area (Å²) in [6, 6.07) is 0. The Bertz CT molecular complexity index is 415. The fraction of sp³-hybridized carbons (Fsp3) is 0.625. The lowest BCUT2D eigenvalue weighted by Gasteiger charge is -2.04. The van der Waals surface area contributed by atoms with Gasteiger partial charge in [0.2, 0.25) is 10.0 Å². The monoisotopic (exact) mass is 249 g/mol. The molecule has 1 aromatic heterocycles. The summed E-state index contributed by atoms with van der Waals surface area (Å²) >= 11 is 0. The molecule has 0 fully saturated rings. The molecule has 0 aliphatic rings. The van der Waals surface area contributed by atoms with Crippen molar-refractivity contribution in [1.29, 1.82) is 0 Å². The number of aliphatic hydroxyl groups is 1. The molecule has 1 aromatic rings. The van der Waals surface area contributed by atoms with Crippen molar-refractivity contribution in [1.82, 2.24) is 14.5 Å². The van der Waals surface area contributed by atoms with Crippen LogP contribution >= 0.6 is 0 Å². The lowest BCUT2D eigenvalue weighted by molar-refractivity contribution is 0.0961. The highest BCUT2D eigenvalue weighted by atomic mass is 32.2. The van der Waals surface area contributed by atoms with Crippen LogP contribution in [0.1, 0.15) is 0 Å². The molecule has 1 rings (SSSR count). The summed E-state index contributed by atoms with van der Waals surface area (Å²) in [6.45, 7) is 0.515. The zero-order valence-corrected chi connectivity index (χ0v) is 9.77. The van der Waals surface area contributed by atoms with Crippen LogP contribution in [0.2, 0.25) is 0 Å². The van der Waals surface area contributed by atoms with E-state index < -0.39 is 10.0 Å². The first kappa shape index (κ1) is 13.1. The molecule has 7 nitrogen and oxygen atoms in total. The summed E-state index contributed by atoms with van der Waals surface area (Å²) in [5.41, 5.74) is 0. The summed E-state index contributed by atoms with van der Waals surface area (Å²) in [7, 11) is -1.86. The number of ether oxygens (including phenoxy) is 1. The number of nitrogens with zero attached hydrogens (tertiary/aromatic N) is 2. The number of sulfonamides is 1. The third-order valence-electron chi connectivity index (χ3n) is 1.77. The second kappa shape index (κ2) is 5.94. The van der Waals surface area contributed by atoms with Gasteiger partial charge in [0.05, 0.1) is 26.0 Å². The van der Waals surface area contributed by atoms with Crippen LogP contribution in [0, 0.1) is 0 Å². The molecule has 0 bridgehead atoms. The average Bonchev–Trinajstić information content (AvgIpc) is 2.65. The largest absolute Gasteiger partial charge is 0.394 e. The average molecular weight is 249 g/mol. The summed E-state index contributed by atoms with van der Waals surface area (Å²) < 4.78 is 31.9. The highest BCUT2D eigenvalue weighted by Gasteiger charge is 2.14. The van der Waals surface area contributed by atoms with Gasteiger partial charge in [-0.3, -0.25) is 4.68 Å². The molecular weight excluding hydrogens is 234 g/mol. The molecule has 1 heterocycles. The van der Waals surface area contributed by atoms with E-state index in [1.807, 2.05) is 0 Å². The van der Waals surface area contributed by atoms with Crippen molar-refractivity contribution in [2.45, 2.75) is 4.90 Å². The fourth-order valence-corrected chi connectivity index (χ4v) is 2.03. The van der Waals surface area contributed by atoms with E-state index in [0.717, 1.165) is 0 Å². The van der Waals surface area contributed by atoms with Crippen molar-refractivity contribution in [3.63, 3.8) is 0 Å². The first-order chi connectivity index (χ1) is 7.56. The van der Waals surface area contributed by atoms with E-state index >= 15 is 0 Å². The Hall–Kier alpha value is -0.960. The van der Waals surface area contributed by atoms with Crippen molar-refractivity contribution in [3.05, 3.63) is 12.4 Å². The van der Waals surface area contributed by atoms with E-state index in [2.05, 4.69) is 9.82 Å². The maximum atomic E-state index is 11.6. The van der Waals surface area contributed by atoms with Crippen molar-refractivity contribution in [2.24, 2.45) is 7.05 Å². The predicted molar refractivity (Wildman–Crippen MR) is 56.3 cm³/mol. The van der Waals surface area contributed by atoms with Crippen molar-refractivity contribution in [3.8, 4) is 0 Å². The van der Waals surface area contributed by atoms with Gasteiger partial charge in [0, 0.05) is 19.8 Å². The van der Waals surface area contributed by atoms with Crippen LogP contribution in [0.5, 0.6) is 0 Å². The van der Waals surface area contributed by atoms with E-state index in [-0.39, 0.29) is 31.3 Å². The smallest absolute Gasteiger partial charge is 0.243 e. The van der Waals surface area contributed by atoms with Crippen LogP contribution < -0.4 is 4.72 Å². The van der Waals surface area contributed by atoms with Gasteiger partial charge in [0.25, 0.3) is 0 Å². The molecule has 0 aliphatic carbocycles. The molecule has 0 unspecified atom stereocenters. The van der Waals surface area contributed by atoms with Crippen LogP contribution in [0.15, 0.2) is 17.3 Å². The van der Waals surface area contributed by atoms with E-state index in [1.165, 1.54) is 17.1 Å². The first-order valence-electron chi connectivity index (χ1n) is 4.73. The Kier molecular flexibility index (Phi) is 4.87. The van der Waals surface area contributed by atoms with Gasteiger partial charge in [-0.25, -0.2) is 13.1 Å². The van der Waals surface area contributed by atoms with E-state index in [9.17, 15) is 8.42 Å². The maximum absolute atomic E-state index is 11.6. The SMILES string of the molecule is Cn1cc(S(=O)(=O)NCCOCCO)cn1. The molecule has 0 aromatic carbocycles. The van der Waals surface area contributed by atoms with Crippen LogP contribution in [-0.2, 0) is 21.8 Å². The second-order valence-electron chi connectivity index (χ2n) is 3.08. The minimum atomic E-state index is -3.50. The number of aliphatic hydroxyl groups excluding tert-OH is 1. The van der Waals surface area contributed by atoms with Crippen molar-refractivity contribution >= 4 is 10.0 Å². The molecule has 0 aliphatic heterocycles. The summed E-state index contributed by atoms with van der Waals surface area (Å²) in [4.78, 5) is 0.122. The van der Waals surface area contributed by atoms with Gasteiger partial charge in [-0.1, -0.05) is 0 Å². The second-order valence-corrected chi connectivity index (χ2v) is 4.85. The molecule has 0 spiro atoms. The Balaban J connectivity index is 2.41. The molecular formula is C8H15N3O4S. The molecule has 0 amide bonds. The zero-order valence-electron chi connectivity index (χ0n) is 8.96. The fourth-order valence-electron chi connectivity index (χ4n) is 1.04. The lowest BCUT2D eigenvalue weighted by atomic mass is 10.7. The van der Waals surface area contributed by atoms with Gasteiger partial charge >= 0.3 is 0 Å². The molecule has 0 saturated heterocycles. The number of aromatic nitrogens is 2. The Morgan fingerprint density at radius 2 is 2.31 bits per heavy atom. The topological polar surface area (TPSA) is 93.5 Å². The van der Waals surface area contributed by atoms with Crippen molar-refractivity contribution < 1.29 is 18.3 Å². The zero-order chi connectivity index (χ0) is 12.0. The Morgan fingerprint density at radius 1 is 1.56 bits per heavy atom.